The van der Waals surface area contributed by atoms with E-state index in [0.29, 0.717) is 11.3 Å². The second kappa shape index (κ2) is 5.44. The predicted molar refractivity (Wildman–Crippen MR) is 70.8 cm³/mol. The van der Waals surface area contributed by atoms with Crippen LogP contribution in [0, 0.1) is 5.82 Å². The first kappa shape index (κ1) is 13.6. The maximum Gasteiger partial charge on any atom is 0.167 e. The van der Waals surface area contributed by atoms with E-state index in [1.165, 1.54) is 24.8 Å². The maximum absolute atomic E-state index is 13.4. The first-order valence-corrected chi connectivity index (χ1v) is 6.60. The van der Waals surface area contributed by atoms with Crippen molar-refractivity contribution in [3.8, 4) is 5.75 Å². The normalized spacial score (nSPS) is 10.7. The highest BCUT2D eigenvalue weighted by molar-refractivity contribution is 7.98. The number of rotatable bonds is 4. The van der Waals surface area contributed by atoms with Crippen molar-refractivity contribution in [1.82, 2.24) is 9.55 Å². The number of hydrogen-bond donors (Lipinski definition) is 1. The van der Waals surface area contributed by atoms with Crippen LogP contribution in [0.5, 0.6) is 5.75 Å². The zero-order valence-electron chi connectivity index (χ0n) is 10.6. The third-order valence-corrected chi connectivity index (χ3v) is 3.77. The van der Waals surface area contributed by atoms with Crippen LogP contribution in [-0.2, 0) is 12.8 Å². The van der Waals surface area contributed by atoms with Crippen LogP contribution >= 0.6 is 11.8 Å². The van der Waals surface area contributed by atoms with Gasteiger partial charge in [-0.2, -0.15) is 0 Å². The lowest BCUT2D eigenvalue weighted by Gasteiger charge is -2.08. The van der Waals surface area contributed by atoms with E-state index in [1.807, 2.05) is 11.6 Å². The lowest BCUT2D eigenvalue weighted by Crippen LogP contribution is -1.98. The first-order valence-electron chi connectivity index (χ1n) is 5.61. The Hall–Kier alpha value is -1.82. The van der Waals surface area contributed by atoms with Crippen molar-refractivity contribution in [2.45, 2.75) is 17.8 Å². The molecule has 1 heterocycles. The predicted octanol–water partition coefficient (Wildman–Crippen LogP) is 2.76. The second-order valence-electron chi connectivity index (χ2n) is 4.13. The monoisotopic (exact) mass is 280 g/mol. The van der Waals surface area contributed by atoms with Gasteiger partial charge in [0.2, 0.25) is 0 Å². The number of thioether (sulfide) groups is 1. The highest BCUT2D eigenvalue weighted by Crippen LogP contribution is 2.30. The molecule has 0 radical (unpaired) electrons. The quantitative estimate of drug-likeness (QED) is 0.691. The standard InChI is InChI=1S/C13H13FN2O2S/c1-8(17)11-6-10(14)5-9(12(11)18)7-19-13-15-3-4-16(13)2/h3-6,18H,7H2,1-2H3. The van der Waals surface area contributed by atoms with E-state index in [4.69, 9.17) is 0 Å². The molecular formula is C13H13FN2O2S. The van der Waals surface area contributed by atoms with Gasteiger partial charge in [0.1, 0.15) is 11.6 Å². The van der Waals surface area contributed by atoms with Crippen molar-refractivity contribution in [3.05, 3.63) is 41.5 Å². The molecule has 1 aromatic carbocycles. The molecular weight excluding hydrogens is 267 g/mol. The summed E-state index contributed by atoms with van der Waals surface area (Å²) in [5.74, 6) is -0.705. The molecule has 0 spiro atoms. The van der Waals surface area contributed by atoms with Gasteiger partial charge in [0.15, 0.2) is 10.9 Å². The van der Waals surface area contributed by atoms with Gasteiger partial charge in [0, 0.05) is 30.8 Å². The number of benzene rings is 1. The third-order valence-electron chi connectivity index (χ3n) is 2.67. The van der Waals surface area contributed by atoms with Gasteiger partial charge in [-0.05, 0) is 19.1 Å². The number of Topliss-reactive ketones (excluding diaryl/α,β-unsaturated/α-hetero) is 1. The number of phenols is 1. The number of phenolic OH excluding ortho intramolecular Hbond substituents is 1. The molecule has 0 saturated carbocycles. The Kier molecular flexibility index (Phi) is 3.90. The highest BCUT2D eigenvalue weighted by Gasteiger charge is 2.14. The topological polar surface area (TPSA) is 55.1 Å². The molecule has 19 heavy (non-hydrogen) atoms. The molecule has 1 aromatic heterocycles. The van der Waals surface area contributed by atoms with E-state index in [1.54, 1.807) is 12.4 Å². The summed E-state index contributed by atoms with van der Waals surface area (Å²) in [6.45, 7) is 1.30. The molecule has 0 unspecified atom stereocenters. The minimum Gasteiger partial charge on any atom is -0.507 e. The van der Waals surface area contributed by atoms with Crippen LogP contribution in [0.2, 0.25) is 0 Å². The van der Waals surface area contributed by atoms with Crippen molar-refractivity contribution in [3.63, 3.8) is 0 Å². The molecule has 1 N–H and O–H groups in total. The highest BCUT2D eigenvalue weighted by atomic mass is 32.2. The number of carbonyl (C=O) groups is 1. The number of aryl methyl sites for hydroxylation is 1. The van der Waals surface area contributed by atoms with Crippen molar-refractivity contribution in [1.29, 1.82) is 0 Å². The summed E-state index contributed by atoms with van der Waals surface area (Å²) in [6, 6.07) is 2.28. The fourth-order valence-corrected chi connectivity index (χ4v) is 2.57. The fraction of sp³-hybridized carbons (Fsp3) is 0.231. The van der Waals surface area contributed by atoms with Gasteiger partial charge in [0.05, 0.1) is 5.56 Å². The van der Waals surface area contributed by atoms with Crippen molar-refractivity contribution in [2.75, 3.05) is 0 Å². The largest absolute Gasteiger partial charge is 0.507 e. The molecule has 2 rings (SSSR count). The molecule has 0 aliphatic heterocycles. The summed E-state index contributed by atoms with van der Waals surface area (Å²) in [4.78, 5) is 15.4. The Balaban J connectivity index is 2.25. The molecule has 0 amide bonds. The maximum atomic E-state index is 13.4. The van der Waals surface area contributed by atoms with Crippen molar-refractivity contribution >= 4 is 17.5 Å². The molecule has 4 nitrogen and oxygen atoms in total. The summed E-state index contributed by atoms with van der Waals surface area (Å²) in [7, 11) is 1.85. The van der Waals surface area contributed by atoms with Crippen LogP contribution in [-0.4, -0.2) is 20.4 Å². The van der Waals surface area contributed by atoms with E-state index >= 15 is 0 Å². The van der Waals surface area contributed by atoms with E-state index < -0.39 is 5.82 Å². The van der Waals surface area contributed by atoms with Gasteiger partial charge in [0.25, 0.3) is 0 Å². The Morgan fingerprint density at radius 1 is 1.53 bits per heavy atom. The van der Waals surface area contributed by atoms with Crippen molar-refractivity contribution < 1.29 is 14.3 Å². The number of hydrogen-bond acceptors (Lipinski definition) is 4. The Bertz CT molecular complexity index is 625. The number of imidazole rings is 1. The fourth-order valence-electron chi connectivity index (χ4n) is 1.67. The van der Waals surface area contributed by atoms with Gasteiger partial charge in [-0.1, -0.05) is 11.8 Å². The molecule has 100 valence electrons. The Labute approximate surface area is 114 Å². The summed E-state index contributed by atoms with van der Waals surface area (Å²) >= 11 is 1.36. The van der Waals surface area contributed by atoms with Crippen LogP contribution in [0.25, 0.3) is 0 Å². The lowest BCUT2D eigenvalue weighted by molar-refractivity contribution is 0.101. The summed E-state index contributed by atoms with van der Waals surface area (Å²) in [5, 5.41) is 10.7. The molecule has 2 aromatic rings. The smallest absolute Gasteiger partial charge is 0.167 e. The Morgan fingerprint density at radius 3 is 2.84 bits per heavy atom. The molecule has 0 saturated heterocycles. The van der Waals surface area contributed by atoms with E-state index in [0.717, 1.165) is 11.2 Å². The number of ketones is 1. The third kappa shape index (κ3) is 2.96. The zero-order chi connectivity index (χ0) is 14.0. The second-order valence-corrected chi connectivity index (χ2v) is 5.07. The van der Waals surface area contributed by atoms with Gasteiger partial charge >= 0.3 is 0 Å². The summed E-state index contributed by atoms with van der Waals surface area (Å²) < 4.78 is 15.2. The van der Waals surface area contributed by atoms with Crippen LogP contribution in [0.3, 0.4) is 0 Å². The molecule has 0 fully saturated rings. The van der Waals surface area contributed by atoms with Gasteiger partial charge < -0.3 is 9.67 Å². The SMILES string of the molecule is CC(=O)c1cc(F)cc(CSc2nccn2C)c1O. The Morgan fingerprint density at radius 2 is 2.26 bits per heavy atom. The van der Waals surface area contributed by atoms with Gasteiger partial charge in [-0.25, -0.2) is 9.37 Å². The molecule has 0 aliphatic rings. The molecule has 0 atom stereocenters. The van der Waals surface area contributed by atoms with Gasteiger partial charge in [-0.3, -0.25) is 4.79 Å². The van der Waals surface area contributed by atoms with Crippen molar-refractivity contribution in [2.24, 2.45) is 7.05 Å². The van der Waals surface area contributed by atoms with Crippen LogP contribution < -0.4 is 0 Å². The number of aromatic nitrogens is 2. The molecule has 6 heteroatoms. The van der Waals surface area contributed by atoms with E-state index in [-0.39, 0.29) is 17.1 Å². The number of carbonyl (C=O) groups excluding carboxylic acids is 1. The zero-order valence-corrected chi connectivity index (χ0v) is 11.4. The van der Waals surface area contributed by atoms with Crippen LogP contribution in [0.4, 0.5) is 4.39 Å². The average molecular weight is 280 g/mol. The molecule has 0 bridgehead atoms. The van der Waals surface area contributed by atoms with Crippen LogP contribution in [0.1, 0.15) is 22.8 Å². The first-order chi connectivity index (χ1) is 8.99. The molecule has 0 aliphatic carbocycles. The van der Waals surface area contributed by atoms with Gasteiger partial charge in [-0.15, -0.1) is 0 Å². The number of nitrogens with zero attached hydrogens (tertiary/aromatic N) is 2. The summed E-state index contributed by atoms with van der Waals surface area (Å²) in [5.41, 5.74) is 0.397. The van der Waals surface area contributed by atoms with E-state index in [2.05, 4.69) is 4.98 Å². The minimum absolute atomic E-state index is 0.00967. The minimum atomic E-state index is -0.529. The lowest BCUT2D eigenvalue weighted by atomic mass is 10.1. The number of halogens is 1. The average Bonchev–Trinajstić information content (AvgIpc) is 2.75. The van der Waals surface area contributed by atoms with Crippen LogP contribution in [0.15, 0.2) is 29.7 Å². The van der Waals surface area contributed by atoms with E-state index in [9.17, 15) is 14.3 Å². The summed E-state index contributed by atoms with van der Waals surface area (Å²) in [6.07, 6.45) is 3.46. The number of aromatic hydroxyl groups is 1.